The smallest absolute Gasteiger partial charge is 0.271 e. The Kier molecular flexibility index (Phi) is 5.68. The van der Waals surface area contributed by atoms with Gasteiger partial charge in [0.2, 0.25) is 0 Å². The van der Waals surface area contributed by atoms with Gasteiger partial charge in [0.25, 0.3) is 11.5 Å². The standard InChI is InChI=1S/C21H24N2O3/c1-16(2)18-8-6-17(7-9-18)15-19(23-10-4-3-5-20(23)24)21(25)22-11-13-26-14-12-22/h3-10,15-16H,11-14H2,1-2H3/b19-15+. The fourth-order valence-electron chi connectivity index (χ4n) is 2.92. The largest absolute Gasteiger partial charge is 0.378 e. The lowest BCUT2D eigenvalue weighted by atomic mass is 10.0. The van der Waals surface area contributed by atoms with Crippen molar-refractivity contribution < 1.29 is 9.53 Å². The molecular formula is C21H24N2O3. The molecule has 1 aliphatic heterocycles. The number of carbonyl (C=O) groups excluding carboxylic acids is 1. The number of carbonyl (C=O) groups is 1. The van der Waals surface area contributed by atoms with Crippen molar-refractivity contribution in [1.82, 2.24) is 9.47 Å². The highest BCUT2D eigenvalue weighted by atomic mass is 16.5. The first-order valence-corrected chi connectivity index (χ1v) is 8.93. The molecule has 1 aromatic heterocycles. The van der Waals surface area contributed by atoms with Gasteiger partial charge in [-0.05, 0) is 29.2 Å². The van der Waals surface area contributed by atoms with Crippen LogP contribution in [0.15, 0.2) is 53.5 Å². The van der Waals surface area contributed by atoms with Crippen molar-refractivity contribution >= 4 is 17.7 Å². The van der Waals surface area contributed by atoms with Crippen molar-refractivity contribution in [3.05, 3.63) is 70.1 Å². The Labute approximate surface area is 153 Å². The quantitative estimate of drug-likeness (QED) is 0.795. The van der Waals surface area contributed by atoms with Gasteiger partial charge in [-0.3, -0.25) is 14.2 Å². The topological polar surface area (TPSA) is 51.5 Å². The van der Waals surface area contributed by atoms with Crippen LogP contribution in [0.4, 0.5) is 0 Å². The predicted octanol–water partition coefficient (Wildman–Crippen LogP) is 2.83. The average molecular weight is 352 g/mol. The Morgan fingerprint density at radius 2 is 1.77 bits per heavy atom. The van der Waals surface area contributed by atoms with Gasteiger partial charge in [-0.1, -0.05) is 44.2 Å². The minimum atomic E-state index is -0.223. The molecule has 1 aliphatic rings. The van der Waals surface area contributed by atoms with E-state index in [4.69, 9.17) is 4.74 Å². The summed E-state index contributed by atoms with van der Waals surface area (Å²) in [7, 11) is 0. The molecule has 0 saturated carbocycles. The third-order valence-corrected chi connectivity index (χ3v) is 4.51. The minimum Gasteiger partial charge on any atom is -0.378 e. The van der Waals surface area contributed by atoms with Gasteiger partial charge in [0.15, 0.2) is 0 Å². The van der Waals surface area contributed by atoms with Crippen LogP contribution in [0.25, 0.3) is 11.8 Å². The second kappa shape index (κ2) is 8.15. The number of hydrogen-bond donors (Lipinski definition) is 0. The Bertz CT molecular complexity index is 844. The van der Waals surface area contributed by atoms with Gasteiger partial charge in [0, 0.05) is 25.4 Å². The second-order valence-corrected chi connectivity index (χ2v) is 6.66. The number of benzene rings is 1. The van der Waals surface area contributed by atoms with Crippen molar-refractivity contribution in [3.8, 4) is 0 Å². The van der Waals surface area contributed by atoms with Gasteiger partial charge in [-0.2, -0.15) is 0 Å². The summed E-state index contributed by atoms with van der Waals surface area (Å²) in [6, 6.07) is 13.0. The molecule has 0 radical (unpaired) electrons. The van der Waals surface area contributed by atoms with Gasteiger partial charge in [0.05, 0.1) is 13.2 Å². The van der Waals surface area contributed by atoms with Crippen LogP contribution in [0.5, 0.6) is 0 Å². The Morgan fingerprint density at radius 3 is 2.38 bits per heavy atom. The monoisotopic (exact) mass is 352 g/mol. The molecule has 5 nitrogen and oxygen atoms in total. The molecule has 136 valence electrons. The predicted molar refractivity (Wildman–Crippen MR) is 103 cm³/mol. The van der Waals surface area contributed by atoms with Crippen LogP contribution in [-0.2, 0) is 9.53 Å². The SMILES string of the molecule is CC(C)c1ccc(/C=C(\C(=O)N2CCOCC2)n2ccccc2=O)cc1. The lowest BCUT2D eigenvalue weighted by Gasteiger charge is -2.28. The third-order valence-electron chi connectivity index (χ3n) is 4.51. The number of morpholine rings is 1. The highest BCUT2D eigenvalue weighted by molar-refractivity contribution is 6.18. The molecule has 3 rings (SSSR count). The molecule has 0 unspecified atom stereocenters. The van der Waals surface area contributed by atoms with Gasteiger partial charge >= 0.3 is 0 Å². The number of aromatic nitrogens is 1. The summed E-state index contributed by atoms with van der Waals surface area (Å²) < 4.78 is 6.74. The maximum absolute atomic E-state index is 13.1. The summed E-state index contributed by atoms with van der Waals surface area (Å²) in [6.45, 7) is 6.38. The Morgan fingerprint density at radius 1 is 1.08 bits per heavy atom. The maximum atomic E-state index is 13.1. The zero-order valence-electron chi connectivity index (χ0n) is 15.2. The number of nitrogens with zero attached hydrogens (tertiary/aromatic N) is 2. The summed E-state index contributed by atoms with van der Waals surface area (Å²) in [5.41, 5.74) is 2.26. The fourth-order valence-corrected chi connectivity index (χ4v) is 2.92. The van der Waals surface area contributed by atoms with Crippen molar-refractivity contribution in [2.45, 2.75) is 19.8 Å². The summed E-state index contributed by atoms with van der Waals surface area (Å²) in [5.74, 6) is 0.286. The van der Waals surface area contributed by atoms with E-state index in [1.54, 1.807) is 29.3 Å². The molecule has 5 heteroatoms. The van der Waals surface area contributed by atoms with E-state index in [2.05, 4.69) is 26.0 Å². The van der Waals surface area contributed by atoms with Gasteiger partial charge in [-0.25, -0.2) is 0 Å². The van der Waals surface area contributed by atoms with Gasteiger partial charge < -0.3 is 9.64 Å². The molecule has 2 heterocycles. The molecule has 0 atom stereocenters. The Balaban J connectivity index is 2.01. The molecule has 0 spiro atoms. The van der Waals surface area contributed by atoms with E-state index in [0.717, 1.165) is 5.56 Å². The molecule has 1 saturated heterocycles. The molecule has 26 heavy (non-hydrogen) atoms. The number of hydrogen-bond acceptors (Lipinski definition) is 3. The highest BCUT2D eigenvalue weighted by Crippen LogP contribution is 2.18. The fraction of sp³-hybridized carbons (Fsp3) is 0.333. The first kappa shape index (κ1) is 18.1. The number of pyridine rings is 1. The van der Waals surface area contributed by atoms with Crippen molar-refractivity contribution in [1.29, 1.82) is 0 Å². The maximum Gasteiger partial charge on any atom is 0.271 e. The molecule has 2 aromatic rings. The lowest BCUT2D eigenvalue weighted by molar-refractivity contribution is -0.129. The summed E-state index contributed by atoms with van der Waals surface area (Å²) in [6.07, 6.45) is 3.41. The molecule has 0 bridgehead atoms. The van der Waals surface area contributed by atoms with Crippen LogP contribution in [-0.4, -0.2) is 41.7 Å². The number of rotatable bonds is 4. The number of ether oxygens (including phenoxy) is 1. The van der Waals surface area contributed by atoms with E-state index < -0.39 is 0 Å². The first-order chi connectivity index (χ1) is 12.6. The molecule has 1 amide bonds. The van der Waals surface area contributed by atoms with Crippen molar-refractivity contribution in [2.75, 3.05) is 26.3 Å². The van der Waals surface area contributed by atoms with Crippen LogP contribution < -0.4 is 5.56 Å². The number of amides is 1. The normalized spacial score (nSPS) is 15.3. The summed E-state index contributed by atoms with van der Waals surface area (Å²) >= 11 is 0. The van der Waals surface area contributed by atoms with E-state index in [1.165, 1.54) is 16.2 Å². The molecule has 0 aliphatic carbocycles. The van der Waals surface area contributed by atoms with E-state index in [0.29, 0.717) is 37.9 Å². The van der Waals surface area contributed by atoms with E-state index in [-0.39, 0.29) is 11.5 Å². The lowest BCUT2D eigenvalue weighted by Crippen LogP contribution is -2.42. The second-order valence-electron chi connectivity index (χ2n) is 6.66. The third kappa shape index (κ3) is 4.11. The highest BCUT2D eigenvalue weighted by Gasteiger charge is 2.22. The van der Waals surface area contributed by atoms with Gasteiger partial charge in [-0.15, -0.1) is 0 Å². The van der Waals surface area contributed by atoms with E-state index in [1.807, 2.05) is 12.1 Å². The van der Waals surface area contributed by atoms with Crippen LogP contribution >= 0.6 is 0 Å². The zero-order chi connectivity index (χ0) is 18.5. The summed E-state index contributed by atoms with van der Waals surface area (Å²) in [4.78, 5) is 27.1. The summed E-state index contributed by atoms with van der Waals surface area (Å²) in [5, 5.41) is 0. The molecular weight excluding hydrogens is 328 g/mol. The van der Waals surface area contributed by atoms with E-state index >= 15 is 0 Å². The van der Waals surface area contributed by atoms with Crippen LogP contribution in [0.3, 0.4) is 0 Å². The van der Waals surface area contributed by atoms with Crippen molar-refractivity contribution in [3.63, 3.8) is 0 Å². The average Bonchev–Trinajstić information content (AvgIpc) is 2.67. The zero-order valence-corrected chi connectivity index (χ0v) is 15.2. The minimum absolute atomic E-state index is 0.158. The van der Waals surface area contributed by atoms with Gasteiger partial charge in [0.1, 0.15) is 5.70 Å². The van der Waals surface area contributed by atoms with Crippen LogP contribution in [0, 0.1) is 0 Å². The first-order valence-electron chi connectivity index (χ1n) is 8.93. The molecule has 1 aromatic carbocycles. The van der Waals surface area contributed by atoms with Crippen molar-refractivity contribution in [2.24, 2.45) is 0 Å². The molecule has 0 N–H and O–H groups in total. The van der Waals surface area contributed by atoms with E-state index in [9.17, 15) is 9.59 Å². The van der Waals surface area contributed by atoms with Crippen LogP contribution in [0.1, 0.15) is 30.9 Å². The van der Waals surface area contributed by atoms with Crippen LogP contribution in [0.2, 0.25) is 0 Å². The molecule has 1 fully saturated rings. The Hall–Kier alpha value is -2.66.